The van der Waals surface area contributed by atoms with Crippen LogP contribution in [-0.2, 0) is 16.8 Å². The highest BCUT2D eigenvalue weighted by atomic mass is 16.1. The number of nitrogens with two attached hydrogens (primary N) is 2. The molecule has 4 atom stereocenters. The van der Waals surface area contributed by atoms with Crippen molar-refractivity contribution in [2.24, 2.45) is 11.5 Å². The lowest BCUT2D eigenvalue weighted by molar-refractivity contribution is -0.124. The Bertz CT molecular complexity index is 783. The molecule has 1 aromatic rings. The van der Waals surface area contributed by atoms with E-state index in [1.165, 1.54) is 12.8 Å². The highest BCUT2D eigenvalue weighted by Gasteiger charge is 2.48. The molecule has 1 saturated carbocycles. The zero-order valence-electron chi connectivity index (χ0n) is 21.2. The minimum absolute atomic E-state index is 0.0180. The summed E-state index contributed by atoms with van der Waals surface area (Å²) < 4.78 is 1.94. The lowest BCUT2D eigenvalue weighted by Gasteiger charge is -2.46. The number of allylic oxidation sites excluding steroid dienone is 2. The molecule has 0 radical (unpaired) electrons. The quantitative estimate of drug-likeness (QED) is 0.286. The molecule has 0 aliphatic heterocycles. The SMILES string of the molecule is C/C=C\C(C)(CCCCC)n1cc(CCC(=O)NC2(C)CC(C)(N)CCCC2(C)N)nn1. The molecule has 1 aromatic heterocycles. The first-order valence-corrected chi connectivity index (χ1v) is 12.3. The van der Waals surface area contributed by atoms with E-state index < -0.39 is 11.1 Å². The lowest BCUT2D eigenvalue weighted by atomic mass is 9.73. The van der Waals surface area contributed by atoms with Gasteiger partial charge in [-0.3, -0.25) is 4.79 Å². The van der Waals surface area contributed by atoms with Crippen LogP contribution in [0.3, 0.4) is 0 Å². The van der Waals surface area contributed by atoms with E-state index in [0.717, 1.165) is 37.8 Å². The molecule has 2 rings (SSSR count). The Kier molecular flexibility index (Phi) is 8.68. The van der Waals surface area contributed by atoms with Crippen molar-refractivity contribution in [3.05, 3.63) is 24.0 Å². The summed E-state index contributed by atoms with van der Waals surface area (Å²) in [6.07, 6.45) is 15.1. The molecule has 7 nitrogen and oxygen atoms in total. The number of unbranched alkanes of at least 4 members (excludes halogenated alkanes) is 2. The van der Waals surface area contributed by atoms with E-state index in [-0.39, 0.29) is 17.0 Å². The Balaban J connectivity index is 2.03. The summed E-state index contributed by atoms with van der Waals surface area (Å²) in [7, 11) is 0. The first-order valence-electron chi connectivity index (χ1n) is 12.3. The van der Waals surface area contributed by atoms with Crippen LogP contribution in [0.5, 0.6) is 0 Å². The van der Waals surface area contributed by atoms with E-state index in [9.17, 15) is 4.79 Å². The van der Waals surface area contributed by atoms with Crippen LogP contribution in [-0.4, -0.2) is 37.5 Å². The molecule has 182 valence electrons. The van der Waals surface area contributed by atoms with Crippen LogP contribution in [0.4, 0.5) is 0 Å². The number of hydrogen-bond acceptors (Lipinski definition) is 5. The van der Waals surface area contributed by atoms with Crippen molar-refractivity contribution in [1.82, 2.24) is 20.3 Å². The van der Waals surface area contributed by atoms with Gasteiger partial charge in [-0.2, -0.15) is 0 Å². The molecule has 5 N–H and O–H groups in total. The monoisotopic (exact) mass is 446 g/mol. The average Bonchev–Trinajstić information content (AvgIpc) is 3.13. The van der Waals surface area contributed by atoms with Crippen LogP contribution >= 0.6 is 0 Å². The molecule has 0 spiro atoms. The van der Waals surface area contributed by atoms with Crippen LogP contribution in [0.2, 0.25) is 0 Å². The third kappa shape index (κ3) is 6.64. The second kappa shape index (κ2) is 10.5. The fourth-order valence-electron chi connectivity index (χ4n) is 5.06. The first-order chi connectivity index (χ1) is 14.9. The van der Waals surface area contributed by atoms with Gasteiger partial charge in [-0.05, 0) is 66.7 Å². The third-order valence-corrected chi connectivity index (χ3v) is 7.36. The second-order valence-corrected chi connectivity index (χ2v) is 11.0. The summed E-state index contributed by atoms with van der Waals surface area (Å²) in [5.74, 6) is -0.0180. The molecule has 4 unspecified atom stereocenters. The van der Waals surface area contributed by atoms with Gasteiger partial charge in [0.25, 0.3) is 0 Å². The van der Waals surface area contributed by atoms with Gasteiger partial charge >= 0.3 is 0 Å². The number of amides is 1. The number of aromatic nitrogens is 3. The van der Waals surface area contributed by atoms with Gasteiger partial charge in [0.05, 0.1) is 16.8 Å². The normalized spacial score (nSPS) is 30.8. The zero-order valence-corrected chi connectivity index (χ0v) is 21.2. The van der Waals surface area contributed by atoms with Crippen molar-refractivity contribution >= 4 is 5.91 Å². The van der Waals surface area contributed by atoms with E-state index in [0.29, 0.717) is 19.3 Å². The van der Waals surface area contributed by atoms with Gasteiger partial charge in [-0.25, -0.2) is 4.68 Å². The van der Waals surface area contributed by atoms with Crippen LogP contribution in [0.1, 0.15) is 105 Å². The fourth-order valence-corrected chi connectivity index (χ4v) is 5.06. The highest BCUT2D eigenvalue weighted by molar-refractivity contribution is 5.77. The van der Waals surface area contributed by atoms with E-state index in [1.54, 1.807) is 0 Å². The van der Waals surface area contributed by atoms with Gasteiger partial charge < -0.3 is 16.8 Å². The molecule has 7 heteroatoms. The number of carbonyl (C=O) groups is 1. The molecule has 1 fully saturated rings. The molecule has 1 aliphatic carbocycles. The van der Waals surface area contributed by atoms with Gasteiger partial charge in [-0.1, -0.05) is 43.6 Å². The molecular formula is C25H46N6O. The Hall–Kier alpha value is -1.73. The summed E-state index contributed by atoms with van der Waals surface area (Å²) in [4.78, 5) is 12.9. The van der Waals surface area contributed by atoms with Crippen LogP contribution < -0.4 is 16.8 Å². The van der Waals surface area contributed by atoms with Gasteiger partial charge in [0.15, 0.2) is 0 Å². The van der Waals surface area contributed by atoms with Crippen molar-refractivity contribution in [2.45, 2.75) is 128 Å². The Labute approximate surface area is 194 Å². The summed E-state index contributed by atoms with van der Waals surface area (Å²) >= 11 is 0. The second-order valence-electron chi connectivity index (χ2n) is 11.0. The topological polar surface area (TPSA) is 112 Å². The maximum absolute atomic E-state index is 12.9. The van der Waals surface area contributed by atoms with Crippen molar-refractivity contribution in [2.75, 3.05) is 0 Å². The van der Waals surface area contributed by atoms with E-state index in [2.05, 4.69) is 48.6 Å². The predicted molar refractivity (Wildman–Crippen MR) is 131 cm³/mol. The number of hydrogen-bond donors (Lipinski definition) is 3. The van der Waals surface area contributed by atoms with Crippen LogP contribution in [0.25, 0.3) is 0 Å². The minimum Gasteiger partial charge on any atom is -0.349 e. The number of nitrogens with one attached hydrogen (secondary N) is 1. The van der Waals surface area contributed by atoms with Crippen molar-refractivity contribution in [1.29, 1.82) is 0 Å². The smallest absolute Gasteiger partial charge is 0.220 e. The van der Waals surface area contributed by atoms with Crippen molar-refractivity contribution in [3.63, 3.8) is 0 Å². The lowest BCUT2D eigenvalue weighted by Crippen LogP contribution is -2.67. The largest absolute Gasteiger partial charge is 0.349 e. The number of aryl methyl sites for hydroxylation is 1. The molecule has 0 saturated heterocycles. The average molecular weight is 447 g/mol. The zero-order chi connectivity index (χ0) is 24.0. The van der Waals surface area contributed by atoms with Gasteiger partial charge in [-0.15, -0.1) is 5.10 Å². The van der Waals surface area contributed by atoms with E-state index in [4.69, 9.17) is 11.5 Å². The molecule has 1 amide bonds. The van der Waals surface area contributed by atoms with Gasteiger partial charge in [0.1, 0.15) is 0 Å². The predicted octanol–water partition coefficient (Wildman–Crippen LogP) is 3.97. The summed E-state index contributed by atoms with van der Waals surface area (Å²) in [5.41, 5.74) is 12.4. The highest BCUT2D eigenvalue weighted by Crippen LogP contribution is 2.37. The Morgan fingerprint density at radius 3 is 2.66 bits per heavy atom. The molecular weight excluding hydrogens is 400 g/mol. The minimum atomic E-state index is -0.550. The Morgan fingerprint density at radius 2 is 2.00 bits per heavy atom. The number of nitrogens with zero attached hydrogens (tertiary/aromatic N) is 3. The van der Waals surface area contributed by atoms with Gasteiger partial charge in [0.2, 0.25) is 5.91 Å². The molecule has 1 aliphatic rings. The molecule has 32 heavy (non-hydrogen) atoms. The van der Waals surface area contributed by atoms with Crippen molar-refractivity contribution < 1.29 is 4.79 Å². The standard InChI is InChI=1S/C25H46N6O/c1-7-9-10-16-23(4,14-8-2)31-18-20(29-30-31)12-13-21(32)28-25(6)19-22(3,26)15-11-17-24(25,5)27/h8,14,18H,7,9-13,15-17,19,26-27H2,1-6H3,(H,28,32)/b14-8-. The van der Waals surface area contributed by atoms with E-state index in [1.807, 2.05) is 31.6 Å². The fraction of sp³-hybridized carbons (Fsp3) is 0.800. The van der Waals surface area contributed by atoms with E-state index >= 15 is 0 Å². The van der Waals surface area contributed by atoms with Crippen LogP contribution in [0, 0.1) is 0 Å². The summed E-state index contributed by atoms with van der Waals surface area (Å²) in [5, 5.41) is 12.0. The van der Waals surface area contributed by atoms with Crippen LogP contribution in [0.15, 0.2) is 18.3 Å². The number of rotatable bonds is 10. The third-order valence-electron chi connectivity index (χ3n) is 7.36. The Morgan fingerprint density at radius 1 is 1.28 bits per heavy atom. The summed E-state index contributed by atoms with van der Waals surface area (Å²) in [6, 6.07) is 0. The van der Waals surface area contributed by atoms with Crippen molar-refractivity contribution in [3.8, 4) is 0 Å². The maximum atomic E-state index is 12.9. The number of carbonyl (C=O) groups excluding carboxylic acids is 1. The molecule has 0 aromatic carbocycles. The summed E-state index contributed by atoms with van der Waals surface area (Å²) in [6.45, 7) is 12.6. The molecule has 0 bridgehead atoms. The maximum Gasteiger partial charge on any atom is 0.220 e. The molecule has 1 heterocycles. The first kappa shape index (κ1) is 26.5. The van der Waals surface area contributed by atoms with Gasteiger partial charge in [0, 0.05) is 30.1 Å².